The number of sulfonamides is 1. The van der Waals surface area contributed by atoms with Crippen LogP contribution in [0.4, 0.5) is 5.82 Å². The first-order valence-corrected chi connectivity index (χ1v) is 7.68. The van der Waals surface area contributed by atoms with E-state index in [1.165, 1.54) is 12.1 Å². The molecule has 0 saturated carbocycles. The SMILES string of the molecule is Cc1ccc(S(=O)(=O)NC(=S)Nc2ccccn2)cc1. The van der Waals surface area contributed by atoms with Gasteiger partial charge in [0.15, 0.2) is 5.11 Å². The predicted octanol–water partition coefficient (Wildman–Crippen LogP) is 2.07. The highest BCUT2D eigenvalue weighted by molar-refractivity contribution is 7.92. The van der Waals surface area contributed by atoms with Crippen LogP contribution < -0.4 is 10.0 Å². The van der Waals surface area contributed by atoms with Crippen molar-refractivity contribution in [3.63, 3.8) is 0 Å². The van der Waals surface area contributed by atoms with Crippen LogP contribution in [0.5, 0.6) is 0 Å². The summed E-state index contributed by atoms with van der Waals surface area (Å²) in [6.45, 7) is 1.89. The molecule has 0 atom stereocenters. The Hall–Kier alpha value is -1.99. The van der Waals surface area contributed by atoms with Gasteiger partial charge >= 0.3 is 0 Å². The number of thiocarbonyl (C=S) groups is 1. The number of nitrogens with one attached hydrogen (secondary N) is 2. The van der Waals surface area contributed by atoms with Gasteiger partial charge in [-0.1, -0.05) is 23.8 Å². The fraction of sp³-hybridized carbons (Fsp3) is 0.0769. The molecule has 0 spiro atoms. The standard InChI is InChI=1S/C13H13N3O2S2/c1-10-5-7-11(8-6-10)20(17,18)16-13(19)15-12-4-2-3-9-14-12/h2-9H,1H3,(H2,14,15,16,19). The fourth-order valence-corrected chi connectivity index (χ4v) is 2.82. The van der Waals surface area contributed by atoms with Gasteiger partial charge in [0, 0.05) is 6.20 Å². The highest BCUT2D eigenvalue weighted by atomic mass is 32.2. The first-order valence-electron chi connectivity index (χ1n) is 5.79. The summed E-state index contributed by atoms with van der Waals surface area (Å²) in [4.78, 5) is 4.16. The van der Waals surface area contributed by atoms with Crippen LogP contribution in [0.25, 0.3) is 0 Å². The second-order valence-electron chi connectivity index (χ2n) is 4.09. The summed E-state index contributed by atoms with van der Waals surface area (Å²) in [7, 11) is -3.68. The van der Waals surface area contributed by atoms with Crippen molar-refractivity contribution < 1.29 is 8.42 Å². The summed E-state index contributed by atoms with van der Waals surface area (Å²) in [6, 6.07) is 11.7. The van der Waals surface area contributed by atoms with E-state index in [0.29, 0.717) is 5.82 Å². The van der Waals surface area contributed by atoms with Crippen molar-refractivity contribution in [2.75, 3.05) is 5.32 Å². The molecule has 2 N–H and O–H groups in total. The number of pyridine rings is 1. The zero-order chi connectivity index (χ0) is 14.6. The van der Waals surface area contributed by atoms with E-state index in [4.69, 9.17) is 12.2 Å². The maximum Gasteiger partial charge on any atom is 0.263 e. The highest BCUT2D eigenvalue weighted by Gasteiger charge is 2.15. The molecule has 0 unspecified atom stereocenters. The molecule has 1 aromatic carbocycles. The molecule has 0 radical (unpaired) electrons. The minimum Gasteiger partial charge on any atom is -0.317 e. The summed E-state index contributed by atoms with van der Waals surface area (Å²) in [5.41, 5.74) is 0.984. The number of hydrogen-bond donors (Lipinski definition) is 2. The molecule has 0 bridgehead atoms. The van der Waals surface area contributed by atoms with Crippen molar-refractivity contribution in [2.24, 2.45) is 0 Å². The number of aromatic nitrogens is 1. The fourth-order valence-electron chi connectivity index (χ4n) is 1.48. The minimum atomic E-state index is -3.68. The lowest BCUT2D eigenvalue weighted by Gasteiger charge is -2.10. The van der Waals surface area contributed by atoms with Crippen molar-refractivity contribution in [1.82, 2.24) is 9.71 Å². The van der Waals surface area contributed by atoms with E-state index in [1.54, 1.807) is 36.5 Å². The quantitative estimate of drug-likeness (QED) is 0.849. The Morgan fingerprint density at radius 1 is 1.15 bits per heavy atom. The number of anilines is 1. The van der Waals surface area contributed by atoms with Crippen LogP contribution in [0, 0.1) is 6.92 Å². The van der Waals surface area contributed by atoms with Gasteiger partial charge in [-0.05, 0) is 43.4 Å². The molecule has 0 aliphatic rings. The molecule has 0 amide bonds. The van der Waals surface area contributed by atoms with Gasteiger partial charge in [-0.2, -0.15) is 0 Å². The summed E-state index contributed by atoms with van der Waals surface area (Å²) >= 11 is 4.97. The van der Waals surface area contributed by atoms with E-state index < -0.39 is 10.0 Å². The molecule has 0 aliphatic heterocycles. The third-order valence-corrected chi connectivity index (χ3v) is 4.16. The normalized spacial score (nSPS) is 10.8. The Labute approximate surface area is 123 Å². The lowest BCUT2D eigenvalue weighted by molar-refractivity contribution is 0.593. The van der Waals surface area contributed by atoms with Gasteiger partial charge in [0.05, 0.1) is 4.90 Å². The molecular weight excluding hydrogens is 294 g/mol. The van der Waals surface area contributed by atoms with Crippen LogP contribution >= 0.6 is 12.2 Å². The molecule has 2 aromatic rings. The molecule has 104 valence electrons. The number of benzene rings is 1. The van der Waals surface area contributed by atoms with Crippen LogP contribution in [-0.4, -0.2) is 18.5 Å². The van der Waals surface area contributed by atoms with Crippen molar-refractivity contribution in [3.8, 4) is 0 Å². The van der Waals surface area contributed by atoms with Crippen LogP contribution in [-0.2, 0) is 10.0 Å². The van der Waals surface area contributed by atoms with Crippen molar-refractivity contribution in [2.45, 2.75) is 11.8 Å². The first-order chi connectivity index (χ1) is 9.47. The average molecular weight is 307 g/mol. The molecule has 2 rings (SSSR count). The number of hydrogen-bond acceptors (Lipinski definition) is 4. The molecule has 7 heteroatoms. The molecule has 20 heavy (non-hydrogen) atoms. The second kappa shape index (κ2) is 5.98. The summed E-state index contributed by atoms with van der Waals surface area (Å²) < 4.78 is 26.5. The van der Waals surface area contributed by atoms with Crippen LogP contribution in [0.1, 0.15) is 5.56 Å². The summed E-state index contributed by atoms with van der Waals surface area (Å²) in [5.74, 6) is 0.476. The maximum atomic E-state index is 12.1. The summed E-state index contributed by atoms with van der Waals surface area (Å²) in [6.07, 6.45) is 1.58. The smallest absolute Gasteiger partial charge is 0.263 e. The monoisotopic (exact) mass is 307 g/mol. The maximum absolute atomic E-state index is 12.1. The van der Waals surface area contributed by atoms with Gasteiger partial charge in [0.25, 0.3) is 10.0 Å². The Balaban J connectivity index is 2.08. The zero-order valence-electron chi connectivity index (χ0n) is 10.7. The molecule has 1 heterocycles. The van der Waals surface area contributed by atoms with E-state index in [0.717, 1.165) is 5.56 Å². The number of aryl methyl sites for hydroxylation is 1. The van der Waals surface area contributed by atoms with Gasteiger partial charge in [0.2, 0.25) is 0 Å². The lowest BCUT2D eigenvalue weighted by Crippen LogP contribution is -2.34. The van der Waals surface area contributed by atoms with E-state index in [9.17, 15) is 8.42 Å². The molecular formula is C13H13N3O2S2. The largest absolute Gasteiger partial charge is 0.317 e. The summed E-state index contributed by atoms with van der Waals surface area (Å²) in [5, 5.41) is 2.69. The predicted molar refractivity (Wildman–Crippen MR) is 82.0 cm³/mol. The minimum absolute atomic E-state index is 0.0238. The van der Waals surface area contributed by atoms with Crippen LogP contribution in [0.3, 0.4) is 0 Å². The first kappa shape index (κ1) is 14.4. The van der Waals surface area contributed by atoms with Crippen LogP contribution in [0.2, 0.25) is 0 Å². The molecule has 1 aromatic heterocycles. The lowest BCUT2D eigenvalue weighted by atomic mass is 10.2. The van der Waals surface area contributed by atoms with E-state index >= 15 is 0 Å². The van der Waals surface area contributed by atoms with Crippen LogP contribution in [0.15, 0.2) is 53.6 Å². The molecule has 5 nitrogen and oxygen atoms in total. The zero-order valence-corrected chi connectivity index (χ0v) is 12.3. The van der Waals surface area contributed by atoms with E-state index in [-0.39, 0.29) is 10.0 Å². The topological polar surface area (TPSA) is 71.1 Å². The third kappa shape index (κ3) is 3.75. The van der Waals surface area contributed by atoms with Crippen molar-refractivity contribution in [1.29, 1.82) is 0 Å². The third-order valence-electron chi connectivity index (χ3n) is 2.46. The molecule has 0 aliphatic carbocycles. The van der Waals surface area contributed by atoms with Gasteiger partial charge in [-0.15, -0.1) is 0 Å². The Morgan fingerprint density at radius 3 is 2.45 bits per heavy atom. The van der Waals surface area contributed by atoms with Gasteiger partial charge in [-0.25, -0.2) is 13.4 Å². The van der Waals surface area contributed by atoms with Gasteiger partial charge in [0.1, 0.15) is 5.82 Å². The molecule has 0 fully saturated rings. The Kier molecular flexibility index (Phi) is 4.31. The molecule has 0 saturated heterocycles. The van der Waals surface area contributed by atoms with Crippen molar-refractivity contribution >= 4 is 33.2 Å². The highest BCUT2D eigenvalue weighted by Crippen LogP contribution is 2.10. The van der Waals surface area contributed by atoms with Gasteiger partial charge in [-0.3, -0.25) is 4.72 Å². The number of nitrogens with zero attached hydrogens (tertiary/aromatic N) is 1. The van der Waals surface area contributed by atoms with Crippen molar-refractivity contribution in [3.05, 3.63) is 54.2 Å². The Bertz CT molecular complexity index is 698. The van der Waals surface area contributed by atoms with E-state index in [1.807, 2.05) is 6.92 Å². The second-order valence-corrected chi connectivity index (χ2v) is 6.18. The van der Waals surface area contributed by atoms with E-state index in [2.05, 4.69) is 15.0 Å². The Morgan fingerprint density at radius 2 is 1.85 bits per heavy atom. The average Bonchev–Trinajstić information content (AvgIpc) is 2.39. The number of rotatable bonds is 3. The van der Waals surface area contributed by atoms with Gasteiger partial charge < -0.3 is 5.32 Å².